The third kappa shape index (κ3) is 3.66. The number of nitrogens with one attached hydrogen (secondary N) is 1. The van der Waals surface area contributed by atoms with Crippen LogP contribution >= 0.6 is 12.4 Å². The van der Waals surface area contributed by atoms with E-state index in [1.807, 2.05) is 0 Å². The van der Waals surface area contributed by atoms with Gasteiger partial charge in [-0.3, -0.25) is 4.98 Å². The van der Waals surface area contributed by atoms with E-state index in [0.29, 0.717) is 34.0 Å². The molecule has 0 bridgehead atoms. The Hall–Kier alpha value is -3.24. The van der Waals surface area contributed by atoms with Crippen LogP contribution in [0, 0.1) is 17.1 Å². The van der Waals surface area contributed by atoms with Crippen molar-refractivity contribution in [3.8, 4) is 23.3 Å². The Morgan fingerprint density at radius 3 is 2.30 bits per heavy atom. The van der Waals surface area contributed by atoms with Gasteiger partial charge in [0.1, 0.15) is 17.4 Å². The first-order valence-corrected chi connectivity index (χ1v) is 7.67. The molecule has 0 spiro atoms. The number of hydrogen-bond acceptors (Lipinski definition) is 6. The number of fused-ring (bicyclic) bond motifs is 1. The van der Waals surface area contributed by atoms with Gasteiger partial charge in [-0.1, -0.05) is 12.1 Å². The number of ether oxygens (including phenoxy) is 3. The first kappa shape index (κ1) is 20.1. The van der Waals surface area contributed by atoms with Crippen molar-refractivity contribution in [2.75, 3.05) is 26.6 Å². The lowest BCUT2D eigenvalue weighted by atomic mass is 10.1. The van der Waals surface area contributed by atoms with E-state index in [2.05, 4.69) is 16.4 Å². The Labute approximate surface area is 161 Å². The summed E-state index contributed by atoms with van der Waals surface area (Å²) in [6.07, 6.45) is 1.34. The molecule has 27 heavy (non-hydrogen) atoms. The first-order valence-electron chi connectivity index (χ1n) is 7.67. The molecule has 0 aliphatic rings. The molecule has 0 saturated heterocycles. The monoisotopic (exact) mass is 389 g/mol. The summed E-state index contributed by atoms with van der Waals surface area (Å²) in [5.41, 5.74) is 1.51. The lowest BCUT2D eigenvalue weighted by molar-refractivity contribution is 0.324. The summed E-state index contributed by atoms with van der Waals surface area (Å²) in [7, 11) is 4.54. The van der Waals surface area contributed by atoms with Gasteiger partial charge < -0.3 is 19.5 Å². The van der Waals surface area contributed by atoms with Crippen molar-refractivity contribution in [2.45, 2.75) is 0 Å². The maximum atomic E-state index is 14.0. The van der Waals surface area contributed by atoms with Crippen LogP contribution in [-0.4, -0.2) is 26.3 Å². The fourth-order valence-electron chi connectivity index (χ4n) is 2.70. The molecule has 0 fully saturated rings. The smallest absolute Gasteiger partial charge is 0.203 e. The summed E-state index contributed by atoms with van der Waals surface area (Å²) in [5, 5.41) is 13.1. The van der Waals surface area contributed by atoms with Gasteiger partial charge >= 0.3 is 0 Å². The van der Waals surface area contributed by atoms with E-state index < -0.39 is 5.82 Å². The molecule has 1 N–H and O–H groups in total. The van der Waals surface area contributed by atoms with E-state index in [9.17, 15) is 9.65 Å². The first-order chi connectivity index (χ1) is 12.6. The summed E-state index contributed by atoms with van der Waals surface area (Å²) in [4.78, 5) is 4.04. The third-order valence-corrected chi connectivity index (χ3v) is 3.90. The molecule has 3 aromatic rings. The number of halogens is 2. The van der Waals surface area contributed by atoms with E-state index in [1.54, 1.807) is 24.3 Å². The molecule has 0 radical (unpaired) electrons. The minimum absolute atomic E-state index is 0. The Bertz CT molecular complexity index is 996. The van der Waals surface area contributed by atoms with E-state index in [4.69, 9.17) is 14.2 Å². The molecule has 0 atom stereocenters. The molecule has 8 heteroatoms. The van der Waals surface area contributed by atoms with Gasteiger partial charge in [0.2, 0.25) is 5.75 Å². The van der Waals surface area contributed by atoms with Crippen molar-refractivity contribution in [3.63, 3.8) is 0 Å². The van der Waals surface area contributed by atoms with E-state index in [1.165, 1.54) is 33.6 Å². The Balaban J connectivity index is 0.00000261. The Morgan fingerprint density at radius 2 is 1.74 bits per heavy atom. The van der Waals surface area contributed by atoms with E-state index >= 15 is 0 Å². The Morgan fingerprint density at radius 1 is 1.07 bits per heavy atom. The molecule has 0 aliphatic carbocycles. The number of methoxy groups -OCH3 is 3. The van der Waals surface area contributed by atoms with Gasteiger partial charge in [0.15, 0.2) is 11.5 Å². The topological polar surface area (TPSA) is 76.4 Å². The molecule has 1 aromatic heterocycles. The molecule has 0 aliphatic heterocycles. The second-order valence-corrected chi connectivity index (χ2v) is 5.33. The fraction of sp³-hybridized carbons (Fsp3) is 0.158. The average Bonchev–Trinajstić information content (AvgIpc) is 2.67. The van der Waals surface area contributed by atoms with Crippen LogP contribution in [0.3, 0.4) is 0 Å². The lowest BCUT2D eigenvalue weighted by Gasteiger charge is -2.16. The zero-order chi connectivity index (χ0) is 18.7. The molecule has 3 rings (SSSR count). The maximum Gasteiger partial charge on any atom is 0.203 e. The standard InChI is InChI=1S/C19H16FN3O3.ClH/c1-24-15-7-12(8-16(25-2)19(15)26-3)23-17-11(9-21)10-22-18-13(17)5-4-6-14(18)20;/h4-8,10H,1-3H3,(H,22,23);1H. The number of para-hydroxylation sites is 1. The molecule has 0 unspecified atom stereocenters. The minimum Gasteiger partial charge on any atom is -0.493 e. The van der Waals surface area contributed by atoms with Gasteiger partial charge in [-0.05, 0) is 6.07 Å². The van der Waals surface area contributed by atoms with Gasteiger partial charge in [-0.2, -0.15) is 5.26 Å². The van der Waals surface area contributed by atoms with Gasteiger partial charge in [-0.25, -0.2) is 4.39 Å². The van der Waals surface area contributed by atoms with Gasteiger partial charge in [0.05, 0.1) is 32.6 Å². The van der Waals surface area contributed by atoms with Crippen LogP contribution in [0.4, 0.5) is 15.8 Å². The zero-order valence-electron chi connectivity index (χ0n) is 14.9. The van der Waals surface area contributed by atoms with Crippen molar-refractivity contribution >= 4 is 34.7 Å². The number of anilines is 2. The second kappa shape index (κ2) is 8.43. The summed E-state index contributed by atoms with van der Waals surface area (Å²) < 4.78 is 30.0. The number of nitriles is 1. The normalized spacial score (nSPS) is 9.89. The van der Waals surface area contributed by atoms with E-state index in [0.717, 1.165) is 0 Å². The summed E-state index contributed by atoms with van der Waals surface area (Å²) in [5.74, 6) is 0.904. The van der Waals surface area contributed by atoms with Gasteiger partial charge in [0.25, 0.3) is 0 Å². The van der Waals surface area contributed by atoms with Gasteiger partial charge in [0, 0.05) is 29.4 Å². The summed E-state index contributed by atoms with van der Waals surface area (Å²) >= 11 is 0. The summed E-state index contributed by atoms with van der Waals surface area (Å²) in [6.45, 7) is 0. The van der Waals surface area contributed by atoms with Crippen molar-refractivity contribution in [3.05, 3.63) is 47.9 Å². The number of rotatable bonds is 5. The van der Waals surface area contributed by atoms with Crippen LogP contribution in [-0.2, 0) is 0 Å². The molecule has 0 saturated carbocycles. The molecule has 1 heterocycles. The third-order valence-electron chi connectivity index (χ3n) is 3.90. The van der Waals surface area contributed by atoms with Crippen molar-refractivity contribution in [1.82, 2.24) is 4.98 Å². The van der Waals surface area contributed by atoms with Crippen LogP contribution in [0.25, 0.3) is 10.9 Å². The number of aromatic nitrogens is 1. The molecular weight excluding hydrogens is 373 g/mol. The number of benzene rings is 2. The highest BCUT2D eigenvalue weighted by Gasteiger charge is 2.16. The molecule has 2 aromatic carbocycles. The van der Waals surface area contributed by atoms with Crippen LogP contribution < -0.4 is 19.5 Å². The quantitative estimate of drug-likeness (QED) is 0.695. The summed E-state index contributed by atoms with van der Waals surface area (Å²) in [6, 6.07) is 10.1. The van der Waals surface area contributed by atoms with Crippen molar-refractivity contribution in [2.24, 2.45) is 0 Å². The minimum atomic E-state index is -0.458. The van der Waals surface area contributed by atoms with E-state index in [-0.39, 0.29) is 23.5 Å². The molecule has 0 amide bonds. The fourth-order valence-corrected chi connectivity index (χ4v) is 2.70. The Kier molecular flexibility index (Phi) is 6.27. The molecule has 6 nitrogen and oxygen atoms in total. The van der Waals surface area contributed by atoms with Crippen molar-refractivity contribution < 1.29 is 18.6 Å². The number of nitrogens with zero attached hydrogens (tertiary/aromatic N) is 2. The highest BCUT2D eigenvalue weighted by molar-refractivity contribution is 5.96. The molecular formula is C19H17ClFN3O3. The highest BCUT2D eigenvalue weighted by Crippen LogP contribution is 2.41. The van der Waals surface area contributed by atoms with Crippen LogP contribution in [0.15, 0.2) is 36.5 Å². The zero-order valence-corrected chi connectivity index (χ0v) is 15.7. The van der Waals surface area contributed by atoms with Crippen LogP contribution in [0.5, 0.6) is 17.2 Å². The second-order valence-electron chi connectivity index (χ2n) is 5.33. The highest BCUT2D eigenvalue weighted by atomic mass is 35.5. The largest absolute Gasteiger partial charge is 0.493 e. The van der Waals surface area contributed by atoms with Crippen LogP contribution in [0.2, 0.25) is 0 Å². The molecule has 140 valence electrons. The predicted molar refractivity (Wildman–Crippen MR) is 103 cm³/mol. The maximum absolute atomic E-state index is 14.0. The SMILES string of the molecule is COc1cc(Nc2c(C#N)cnc3c(F)cccc23)cc(OC)c1OC.Cl. The van der Waals surface area contributed by atoms with Gasteiger partial charge in [-0.15, -0.1) is 12.4 Å². The number of pyridine rings is 1. The lowest BCUT2D eigenvalue weighted by Crippen LogP contribution is -2.00. The number of hydrogen-bond donors (Lipinski definition) is 1. The predicted octanol–water partition coefficient (Wildman–Crippen LogP) is 4.44. The van der Waals surface area contributed by atoms with Crippen LogP contribution in [0.1, 0.15) is 5.56 Å². The van der Waals surface area contributed by atoms with Crippen molar-refractivity contribution in [1.29, 1.82) is 5.26 Å². The average molecular weight is 390 g/mol.